The Morgan fingerprint density at radius 2 is 1.24 bits per heavy atom. The lowest BCUT2D eigenvalue weighted by Crippen LogP contribution is -1.78. The van der Waals surface area contributed by atoms with E-state index >= 15 is 0 Å². The summed E-state index contributed by atoms with van der Waals surface area (Å²) in [6.07, 6.45) is 2.16. The molecule has 1 heterocycles. The van der Waals surface area contributed by atoms with Gasteiger partial charge in [-0.25, -0.2) is 0 Å². The van der Waals surface area contributed by atoms with Crippen LogP contribution in [0.5, 0.6) is 0 Å². The molecule has 1 aliphatic rings. The zero-order chi connectivity index (χ0) is 14.3. The first-order chi connectivity index (χ1) is 7.70. The maximum Gasteiger partial charge on any atom is 0.300 e. The summed E-state index contributed by atoms with van der Waals surface area (Å²) in [6, 6.07) is 0. The molecule has 0 atom stereocenters. The maximum atomic E-state index is 9.00. The van der Waals surface area contributed by atoms with Crippen molar-refractivity contribution < 1.29 is 29.7 Å². The molecular weight excluding hydrogens is 268 g/mol. The normalized spacial score (nSPS) is 10.5. The van der Waals surface area contributed by atoms with Crippen molar-refractivity contribution in [3.05, 3.63) is 11.5 Å². The van der Waals surface area contributed by atoms with Crippen LogP contribution < -0.4 is 0 Å². The minimum absolute atomic E-state index is 0.833. The summed E-state index contributed by atoms with van der Waals surface area (Å²) in [5, 5.41) is 24.4. The Labute approximate surface area is 107 Å². The first-order valence-corrected chi connectivity index (χ1v) is 6.60. The molecule has 17 heavy (non-hydrogen) atoms. The molecule has 8 heteroatoms. The second-order valence-electron chi connectivity index (χ2n) is 2.31. The summed E-state index contributed by atoms with van der Waals surface area (Å²) in [5.74, 6) is -1.30. The van der Waals surface area contributed by atoms with Gasteiger partial charge in [-0.3, -0.25) is 14.4 Å². The molecule has 0 aliphatic carbocycles. The molecule has 3 N–H and O–H groups in total. The minimum Gasteiger partial charge on any atom is -0.481 e. The number of hydrogen-bond acceptors (Lipinski definition) is 5. The summed E-state index contributed by atoms with van der Waals surface area (Å²) in [7, 11) is 3.69. The molecule has 0 fully saturated rings. The highest BCUT2D eigenvalue weighted by atomic mass is 33.1. The Hall–Kier alpha value is -1.15. The first kappa shape index (κ1) is 21.2. The van der Waals surface area contributed by atoms with Crippen LogP contribution in [0.1, 0.15) is 20.8 Å². The van der Waals surface area contributed by atoms with Gasteiger partial charge in [0.1, 0.15) is 0 Å². The molecule has 0 aromatic carbocycles. The van der Waals surface area contributed by atoms with Crippen molar-refractivity contribution >= 4 is 39.5 Å². The van der Waals surface area contributed by atoms with Gasteiger partial charge in [0.2, 0.25) is 0 Å². The Morgan fingerprint density at radius 3 is 1.29 bits per heavy atom. The molecule has 0 spiro atoms. The van der Waals surface area contributed by atoms with E-state index in [0.717, 1.165) is 20.8 Å². The summed E-state index contributed by atoms with van der Waals surface area (Å²) in [6.45, 7) is 3.25. The van der Waals surface area contributed by atoms with Crippen molar-refractivity contribution in [3.8, 4) is 0 Å². The number of carbonyl (C=O) groups is 3. The van der Waals surface area contributed by atoms with Gasteiger partial charge in [0.25, 0.3) is 17.9 Å². The van der Waals surface area contributed by atoms with Crippen molar-refractivity contribution in [3.63, 3.8) is 0 Å². The van der Waals surface area contributed by atoms with Crippen molar-refractivity contribution in [2.45, 2.75) is 20.8 Å². The lowest BCUT2D eigenvalue weighted by Gasteiger charge is -1.69. The average molecular weight is 284 g/mol. The Kier molecular flexibility index (Phi) is 21.5. The van der Waals surface area contributed by atoms with Crippen LogP contribution in [0.25, 0.3) is 0 Å². The van der Waals surface area contributed by atoms with Crippen LogP contribution in [-0.4, -0.2) is 39.0 Å². The largest absolute Gasteiger partial charge is 0.481 e. The van der Waals surface area contributed by atoms with E-state index in [9.17, 15) is 0 Å². The van der Waals surface area contributed by atoms with Gasteiger partial charge in [0, 0.05) is 26.5 Å². The van der Waals surface area contributed by atoms with Crippen molar-refractivity contribution in [1.82, 2.24) is 0 Å². The Morgan fingerprint density at radius 1 is 0.941 bits per heavy atom. The van der Waals surface area contributed by atoms with E-state index in [1.54, 1.807) is 0 Å². The highest BCUT2D eigenvalue weighted by Crippen LogP contribution is 2.27. The molecule has 100 valence electrons. The van der Waals surface area contributed by atoms with Crippen LogP contribution in [0.2, 0.25) is 0 Å². The molecule has 0 aromatic rings. The predicted molar refractivity (Wildman–Crippen MR) is 69.1 cm³/mol. The van der Waals surface area contributed by atoms with Gasteiger partial charge in [-0.15, -0.1) is 0 Å². The highest BCUT2D eigenvalue weighted by molar-refractivity contribution is 8.78. The van der Waals surface area contributed by atoms with Gasteiger partial charge in [-0.05, 0) is 5.41 Å². The topological polar surface area (TPSA) is 112 Å². The van der Waals surface area contributed by atoms with Gasteiger partial charge >= 0.3 is 0 Å². The highest BCUT2D eigenvalue weighted by Gasteiger charge is 1.85. The number of hydrogen-bond donors (Lipinski definition) is 3. The van der Waals surface area contributed by atoms with Crippen LogP contribution >= 0.6 is 21.6 Å². The quantitative estimate of drug-likeness (QED) is 0.580. The third-order valence-electron chi connectivity index (χ3n) is 0.384. The lowest BCUT2D eigenvalue weighted by molar-refractivity contribution is -0.135. The van der Waals surface area contributed by atoms with Gasteiger partial charge in [0.15, 0.2) is 0 Å². The molecule has 0 radical (unpaired) electrons. The van der Waals surface area contributed by atoms with E-state index in [2.05, 4.69) is 11.5 Å². The molecule has 0 bridgehead atoms. The third kappa shape index (κ3) is 165. The van der Waals surface area contributed by atoms with E-state index in [1.807, 2.05) is 21.6 Å². The Balaban J connectivity index is -0.000000155. The zero-order valence-electron chi connectivity index (χ0n) is 9.74. The average Bonchev–Trinajstić information content (AvgIpc) is 2.53. The lowest BCUT2D eigenvalue weighted by atomic mass is 10.8. The monoisotopic (exact) mass is 284 g/mol. The molecule has 1 aliphatic heterocycles. The van der Waals surface area contributed by atoms with Crippen LogP contribution in [0, 0.1) is 0 Å². The van der Waals surface area contributed by atoms with Crippen molar-refractivity contribution in [2.24, 2.45) is 0 Å². The van der Waals surface area contributed by atoms with E-state index < -0.39 is 17.9 Å². The summed E-state index contributed by atoms with van der Waals surface area (Å²) in [5.41, 5.74) is 0. The number of carboxylic acids is 3. The molecule has 0 amide bonds. The first-order valence-electron chi connectivity index (χ1n) is 4.22. The van der Waals surface area contributed by atoms with E-state index in [0.29, 0.717) is 0 Å². The van der Waals surface area contributed by atoms with Gasteiger partial charge in [-0.1, -0.05) is 27.7 Å². The Bertz CT molecular complexity index is 205. The maximum absolute atomic E-state index is 9.00. The smallest absolute Gasteiger partial charge is 0.300 e. The van der Waals surface area contributed by atoms with E-state index in [-0.39, 0.29) is 0 Å². The molecule has 0 unspecified atom stereocenters. The van der Waals surface area contributed by atoms with Crippen LogP contribution in [0.15, 0.2) is 11.5 Å². The summed E-state index contributed by atoms with van der Waals surface area (Å²) in [4.78, 5) is 27.0. The third-order valence-corrected chi connectivity index (χ3v) is 2.30. The minimum atomic E-state index is -0.833. The number of rotatable bonds is 0. The molecule has 0 aromatic heterocycles. The fraction of sp³-hybridized carbons (Fsp3) is 0.444. The second kappa shape index (κ2) is 17.3. The molecule has 6 nitrogen and oxygen atoms in total. The predicted octanol–water partition coefficient (Wildman–Crippen LogP) is 2.17. The fourth-order valence-corrected chi connectivity index (χ4v) is 1.77. The SMILES string of the molecule is C1=CSSC1.CC(=O)O.CC(=O)O.CC(=O)O. The van der Waals surface area contributed by atoms with E-state index in [4.69, 9.17) is 29.7 Å². The van der Waals surface area contributed by atoms with Gasteiger partial charge in [-0.2, -0.15) is 0 Å². The van der Waals surface area contributed by atoms with Gasteiger partial charge < -0.3 is 15.3 Å². The number of carboxylic acid groups (broad SMARTS) is 3. The zero-order valence-corrected chi connectivity index (χ0v) is 11.4. The van der Waals surface area contributed by atoms with Crippen LogP contribution in [0.3, 0.4) is 0 Å². The van der Waals surface area contributed by atoms with Crippen molar-refractivity contribution in [1.29, 1.82) is 0 Å². The molecule has 0 saturated carbocycles. The summed E-state index contributed by atoms with van der Waals surface area (Å²) >= 11 is 0. The van der Waals surface area contributed by atoms with Gasteiger partial charge in [0.05, 0.1) is 0 Å². The molecular formula is C9H16O6S2. The van der Waals surface area contributed by atoms with Crippen molar-refractivity contribution in [2.75, 3.05) is 5.75 Å². The van der Waals surface area contributed by atoms with E-state index in [1.165, 1.54) is 5.75 Å². The molecule has 1 rings (SSSR count). The number of aliphatic carboxylic acids is 3. The molecule has 0 saturated heterocycles. The fourth-order valence-electron chi connectivity index (χ4n) is 0.196. The van der Waals surface area contributed by atoms with Crippen LogP contribution in [0.4, 0.5) is 0 Å². The summed E-state index contributed by atoms with van der Waals surface area (Å²) < 4.78 is 0. The second-order valence-corrected chi connectivity index (χ2v) is 4.63. The standard InChI is InChI=1S/C3H4S2.3C2H4O2/c1-2-4-5-3-1;3*1-2(3)4/h1-2H,3H2;3*1H3,(H,3,4). The van der Waals surface area contributed by atoms with Crippen LogP contribution in [-0.2, 0) is 14.4 Å².